The lowest BCUT2D eigenvalue weighted by Crippen LogP contribution is -2.31. The van der Waals surface area contributed by atoms with E-state index in [9.17, 15) is 9.59 Å². The van der Waals surface area contributed by atoms with Gasteiger partial charge in [-0.1, -0.05) is 0 Å². The summed E-state index contributed by atoms with van der Waals surface area (Å²) >= 11 is 0. The third-order valence-electron chi connectivity index (χ3n) is 0.680. The third-order valence-corrected chi connectivity index (χ3v) is 0.680. The predicted octanol–water partition coefficient (Wildman–Crippen LogP) is -0.773. The summed E-state index contributed by atoms with van der Waals surface area (Å²) in [6.07, 6.45) is 0. The van der Waals surface area contributed by atoms with Gasteiger partial charge < -0.3 is 4.74 Å². The van der Waals surface area contributed by atoms with Gasteiger partial charge in [-0.2, -0.15) is 0 Å². The molecule has 1 N–H and O–H groups in total. The Morgan fingerprint density at radius 1 is 1.50 bits per heavy atom. The SMILES string of the molecule is CCONC(=O)C(=O)OC. The molecule has 0 aromatic carbocycles. The summed E-state index contributed by atoms with van der Waals surface area (Å²) in [6, 6.07) is 0. The van der Waals surface area contributed by atoms with E-state index in [2.05, 4.69) is 9.57 Å². The van der Waals surface area contributed by atoms with E-state index in [0.717, 1.165) is 7.11 Å². The number of hydrogen-bond donors (Lipinski definition) is 1. The maximum absolute atomic E-state index is 10.4. The summed E-state index contributed by atoms with van der Waals surface area (Å²) in [6.45, 7) is 1.99. The largest absolute Gasteiger partial charge is 0.462 e. The summed E-state index contributed by atoms with van der Waals surface area (Å²) in [5.41, 5.74) is 1.87. The van der Waals surface area contributed by atoms with E-state index in [4.69, 9.17) is 0 Å². The molecule has 0 aromatic rings. The lowest BCUT2D eigenvalue weighted by molar-refractivity contribution is -0.158. The lowest BCUT2D eigenvalue weighted by atomic mass is 10.6. The van der Waals surface area contributed by atoms with Crippen LogP contribution in [0.1, 0.15) is 6.92 Å². The van der Waals surface area contributed by atoms with E-state index in [1.54, 1.807) is 6.92 Å². The molecule has 0 fully saturated rings. The number of amides is 1. The van der Waals surface area contributed by atoms with Gasteiger partial charge in [0, 0.05) is 0 Å². The van der Waals surface area contributed by atoms with Crippen molar-refractivity contribution in [1.29, 1.82) is 0 Å². The topological polar surface area (TPSA) is 64.6 Å². The number of hydroxylamine groups is 1. The zero-order valence-electron chi connectivity index (χ0n) is 5.84. The molecule has 0 radical (unpaired) electrons. The number of rotatable bonds is 2. The number of carbonyl (C=O) groups excluding carboxylic acids is 2. The Balaban J connectivity index is 3.52. The van der Waals surface area contributed by atoms with Gasteiger partial charge in [-0.25, -0.2) is 10.3 Å². The normalized spacial score (nSPS) is 8.60. The molecule has 0 aliphatic rings. The molecule has 1 amide bonds. The van der Waals surface area contributed by atoms with Crippen molar-refractivity contribution in [3.8, 4) is 0 Å². The van der Waals surface area contributed by atoms with E-state index >= 15 is 0 Å². The van der Waals surface area contributed by atoms with Crippen LogP contribution in [-0.4, -0.2) is 25.6 Å². The average molecular weight is 147 g/mol. The molecule has 58 valence electrons. The van der Waals surface area contributed by atoms with Gasteiger partial charge in [0.2, 0.25) is 0 Å². The minimum absolute atomic E-state index is 0.308. The van der Waals surface area contributed by atoms with Gasteiger partial charge in [-0.15, -0.1) is 0 Å². The Bertz CT molecular complexity index is 134. The Hall–Kier alpha value is -1.10. The molecule has 0 saturated carbocycles. The highest BCUT2D eigenvalue weighted by Crippen LogP contribution is 1.73. The summed E-state index contributed by atoms with van der Waals surface area (Å²) in [4.78, 5) is 25.1. The molecule has 10 heavy (non-hydrogen) atoms. The van der Waals surface area contributed by atoms with Crippen molar-refractivity contribution < 1.29 is 19.2 Å². The minimum Gasteiger partial charge on any atom is -0.462 e. The summed E-state index contributed by atoms with van der Waals surface area (Å²) in [5.74, 6) is -1.86. The second-order valence-electron chi connectivity index (χ2n) is 1.36. The van der Waals surface area contributed by atoms with Gasteiger partial charge in [0.25, 0.3) is 0 Å². The number of hydrogen-bond acceptors (Lipinski definition) is 4. The molecule has 0 atom stereocenters. The van der Waals surface area contributed by atoms with Crippen LogP contribution in [0.2, 0.25) is 0 Å². The van der Waals surface area contributed by atoms with Crippen LogP contribution in [0.3, 0.4) is 0 Å². The molecule has 5 heteroatoms. The Morgan fingerprint density at radius 2 is 2.10 bits per heavy atom. The molecule has 0 bridgehead atoms. The van der Waals surface area contributed by atoms with Crippen LogP contribution in [0.4, 0.5) is 0 Å². The molecule has 0 heterocycles. The fraction of sp³-hybridized carbons (Fsp3) is 0.600. The number of methoxy groups -OCH3 is 1. The Labute approximate surface area is 58.3 Å². The Morgan fingerprint density at radius 3 is 2.50 bits per heavy atom. The number of ether oxygens (including phenoxy) is 1. The third kappa shape index (κ3) is 3.03. The van der Waals surface area contributed by atoms with Gasteiger partial charge in [0.15, 0.2) is 0 Å². The van der Waals surface area contributed by atoms with Crippen molar-refractivity contribution >= 4 is 11.9 Å². The number of nitrogens with one attached hydrogen (secondary N) is 1. The first kappa shape index (κ1) is 8.90. The summed E-state index contributed by atoms with van der Waals surface area (Å²) in [7, 11) is 1.12. The highest BCUT2D eigenvalue weighted by Gasteiger charge is 2.12. The Kier molecular flexibility index (Phi) is 4.23. The first-order valence-corrected chi connectivity index (χ1v) is 2.72. The predicted molar refractivity (Wildman–Crippen MR) is 31.8 cm³/mol. The fourth-order valence-corrected chi connectivity index (χ4v) is 0.272. The summed E-state index contributed by atoms with van der Waals surface area (Å²) < 4.78 is 4.08. The van der Waals surface area contributed by atoms with Crippen LogP contribution >= 0.6 is 0 Å². The van der Waals surface area contributed by atoms with Gasteiger partial charge in [-0.05, 0) is 6.92 Å². The van der Waals surface area contributed by atoms with Crippen molar-refractivity contribution in [2.45, 2.75) is 6.92 Å². The molecule has 0 aromatic heterocycles. The molecule has 0 rings (SSSR count). The maximum atomic E-state index is 10.4. The van der Waals surface area contributed by atoms with Crippen LogP contribution in [0.5, 0.6) is 0 Å². The quantitative estimate of drug-likeness (QED) is 0.316. The molecular formula is C5H9NO4. The van der Waals surface area contributed by atoms with Crippen molar-refractivity contribution in [1.82, 2.24) is 5.48 Å². The van der Waals surface area contributed by atoms with Crippen LogP contribution in [0.15, 0.2) is 0 Å². The zero-order valence-corrected chi connectivity index (χ0v) is 5.84. The van der Waals surface area contributed by atoms with Crippen LogP contribution in [0.25, 0.3) is 0 Å². The van der Waals surface area contributed by atoms with E-state index < -0.39 is 11.9 Å². The van der Waals surface area contributed by atoms with Gasteiger partial charge in [-0.3, -0.25) is 9.63 Å². The minimum atomic E-state index is -0.964. The fourth-order valence-electron chi connectivity index (χ4n) is 0.272. The molecule has 0 unspecified atom stereocenters. The summed E-state index contributed by atoms with van der Waals surface area (Å²) in [5, 5.41) is 0. The number of carbonyl (C=O) groups is 2. The molecule has 0 aliphatic heterocycles. The van der Waals surface area contributed by atoms with Gasteiger partial charge in [0.1, 0.15) is 0 Å². The zero-order chi connectivity index (χ0) is 7.98. The van der Waals surface area contributed by atoms with Crippen molar-refractivity contribution in [2.75, 3.05) is 13.7 Å². The molecular weight excluding hydrogens is 138 g/mol. The van der Waals surface area contributed by atoms with E-state index in [1.165, 1.54) is 0 Å². The maximum Gasteiger partial charge on any atom is 0.398 e. The molecule has 0 aliphatic carbocycles. The molecule has 0 spiro atoms. The molecule has 5 nitrogen and oxygen atoms in total. The van der Waals surface area contributed by atoms with Gasteiger partial charge >= 0.3 is 11.9 Å². The van der Waals surface area contributed by atoms with Crippen LogP contribution in [-0.2, 0) is 19.2 Å². The number of esters is 1. The standard InChI is InChI=1S/C5H9NO4/c1-3-10-6-4(7)5(8)9-2/h3H2,1-2H3,(H,6,7). The second-order valence-corrected chi connectivity index (χ2v) is 1.36. The van der Waals surface area contributed by atoms with Crippen LogP contribution in [0, 0.1) is 0 Å². The monoisotopic (exact) mass is 147 g/mol. The van der Waals surface area contributed by atoms with Crippen molar-refractivity contribution in [3.05, 3.63) is 0 Å². The smallest absolute Gasteiger partial charge is 0.398 e. The van der Waals surface area contributed by atoms with E-state index in [-0.39, 0.29) is 0 Å². The average Bonchev–Trinajstić information content (AvgIpc) is 1.98. The molecule has 0 saturated heterocycles. The highest BCUT2D eigenvalue weighted by atomic mass is 16.7. The van der Waals surface area contributed by atoms with Crippen molar-refractivity contribution in [3.63, 3.8) is 0 Å². The second kappa shape index (κ2) is 4.75. The highest BCUT2D eigenvalue weighted by molar-refractivity contribution is 6.32. The van der Waals surface area contributed by atoms with E-state index in [1.807, 2.05) is 5.48 Å². The lowest BCUT2D eigenvalue weighted by Gasteiger charge is -1.99. The van der Waals surface area contributed by atoms with Crippen LogP contribution < -0.4 is 5.48 Å². The van der Waals surface area contributed by atoms with Gasteiger partial charge in [0.05, 0.1) is 13.7 Å². The first-order valence-electron chi connectivity index (χ1n) is 2.72. The van der Waals surface area contributed by atoms with Crippen molar-refractivity contribution in [2.24, 2.45) is 0 Å². The first-order chi connectivity index (χ1) is 4.72. The van der Waals surface area contributed by atoms with E-state index in [0.29, 0.717) is 6.61 Å².